The third kappa shape index (κ3) is 3.23. The number of ether oxygens (including phenoxy) is 1. The van der Waals surface area contributed by atoms with Crippen molar-refractivity contribution in [2.75, 3.05) is 12.4 Å². The van der Waals surface area contributed by atoms with E-state index in [4.69, 9.17) is 4.74 Å². The number of hydrogen-bond acceptors (Lipinski definition) is 3. The number of pyridine rings is 1. The molecule has 1 heterocycles. The van der Waals surface area contributed by atoms with Gasteiger partial charge in [0, 0.05) is 13.1 Å². The van der Waals surface area contributed by atoms with Crippen LogP contribution >= 0.6 is 0 Å². The molecule has 0 bridgehead atoms. The summed E-state index contributed by atoms with van der Waals surface area (Å²) in [5.74, 6) is 1.00. The van der Waals surface area contributed by atoms with Crippen LogP contribution < -0.4 is 10.1 Å². The van der Waals surface area contributed by atoms with Crippen molar-refractivity contribution in [3.63, 3.8) is 0 Å². The highest BCUT2D eigenvalue weighted by Crippen LogP contribution is 2.25. The SMILES string of the molecule is CNc1ccc(Oc2ccc(-c3ccc(F)cc3)cc2)nc1. The number of halogens is 1. The van der Waals surface area contributed by atoms with E-state index in [1.54, 1.807) is 24.4 Å². The summed E-state index contributed by atoms with van der Waals surface area (Å²) in [4.78, 5) is 4.21. The Morgan fingerprint density at radius 1 is 0.864 bits per heavy atom. The first kappa shape index (κ1) is 14.1. The third-order valence-corrected chi connectivity index (χ3v) is 3.28. The van der Waals surface area contributed by atoms with E-state index in [0.29, 0.717) is 11.6 Å². The van der Waals surface area contributed by atoms with Gasteiger partial charge in [0.05, 0.1) is 11.9 Å². The molecule has 4 heteroatoms. The topological polar surface area (TPSA) is 34.1 Å². The lowest BCUT2D eigenvalue weighted by atomic mass is 10.1. The summed E-state index contributed by atoms with van der Waals surface area (Å²) < 4.78 is 18.6. The van der Waals surface area contributed by atoms with Gasteiger partial charge in [-0.15, -0.1) is 0 Å². The van der Waals surface area contributed by atoms with Gasteiger partial charge >= 0.3 is 0 Å². The average Bonchev–Trinajstić information content (AvgIpc) is 2.57. The second-order valence-electron chi connectivity index (χ2n) is 4.77. The fourth-order valence-corrected chi connectivity index (χ4v) is 2.07. The molecular weight excluding hydrogens is 279 g/mol. The maximum atomic E-state index is 12.9. The molecule has 3 aromatic rings. The zero-order valence-corrected chi connectivity index (χ0v) is 12.1. The zero-order chi connectivity index (χ0) is 15.4. The highest BCUT2D eigenvalue weighted by atomic mass is 19.1. The normalized spacial score (nSPS) is 10.3. The Balaban J connectivity index is 1.74. The second-order valence-corrected chi connectivity index (χ2v) is 4.77. The van der Waals surface area contributed by atoms with Crippen LogP contribution in [0, 0.1) is 5.82 Å². The molecule has 0 aliphatic carbocycles. The van der Waals surface area contributed by atoms with Gasteiger partial charge in [0.15, 0.2) is 0 Å². The van der Waals surface area contributed by atoms with Crippen LogP contribution in [0.1, 0.15) is 0 Å². The number of benzene rings is 2. The van der Waals surface area contributed by atoms with Gasteiger partial charge in [-0.25, -0.2) is 9.37 Å². The Morgan fingerprint density at radius 3 is 2.05 bits per heavy atom. The minimum absolute atomic E-state index is 0.236. The van der Waals surface area contributed by atoms with Gasteiger partial charge in [0.25, 0.3) is 0 Å². The lowest BCUT2D eigenvalue weighted by Crippen LogP contribution is -1.91. The van der Waals surface area contributed by atoms with Gasteiger partial charge in [-0.2, -0.15) is 0 Å². The summed E-state index contributed by atoms with van der Waals surface area (Å²) in [6.45, 7) is 0. The van der Waals surface area contributed by atoms with Gasteiger partial charge in [-0.3, -0.25) is 0 Å². The minimum atomic E-state index is -0.236. The van der Waals surface area contributed by atoms with Crippen molar-refractivity contribution in [1.29, 1.82) is 0 Å². The number of aromatic nitrogens is 1. The van der Waals surface area contributed by atoms with Gasteiger partial charge in [-0.1, -0.05) is 24.3 Å². The van der Waals surface area contributed by atoms with Crippen molar-refractivity contribution in [2.24, 2.45) is 0 Å². The molecule has 3 nitrogen and oxygen atoms in total. The maximum absolute atomic E-state index is 12.9. The average molecular weight is 294 g/mol. The summed E-state index contributed by atoms with van der Waals surface area (Å²) >= 11 is 0. The van der Waals surface area contributed by atoms with Crippen LogP contribution in [-0.2, 0) is 0 Å². The lowest BCUT2D eigenvalue weighted by molar-refractivity contribution is 0.463. The first-order valence-electron chi connectivity index (χ1n) is 6.92. The van der Waals surface area contributed by atoms with E-state index in [9.17, 15) is 4.39 Å². The number of anilines is 1. The van der Waals surface area contributed by atoms with Crippen LogP contribution in [0.2, 0.25) is 0 Å². The Bertz CT molecular complexity index is 738. The third-order valence-electron chi connectivity index (χ3n) is 3.28. The highest BCUT2D eigenvalue weighted by molar-refractivity contribution is 5.64. The molecule has 0 unspecified atom stereocenters. The molecule has 0 amide bonds. The molecule has 3 rings (SSSR count). The van der Waals surface area contributed by atoms with E-state index in [-0.39, 0.29) is 5.82 Å². The van der Waals surface area contributed by atoms with E-state index in [0.717, 1.165) is 16.8 Å². The van der Waals surface area contributed by atoms with Gasteiger partial charge in [0.2, 0.25) is 5.88 Å². The molecule has 0 aliphatic rings. The molecule has 22 heavy (non-hydrogen) atoms. The van der Waals surface area contributed by atoms with Crippen LogP contribution in [-0.4, -0.2) is 12.0 Å². The molecule has 0 radical (unpaired) electrons. The van der Waals surface area contributed by atoms with E-state index in [1.165, 1.54) is 12.1 Å². The monoisotopic (exact) mass is 294 g/mol. The van der Waals surface area contributed by atoms with E-state index in [1.807, 2.05) is 37.4 Å². The number of nitrogens with zero attached hydrogens (tertiary/aromatic N) is 1. The Hall–Kier alpha value is -2.88. The van der Waals surface area contributed by atoms with Crippen LogP contribution in [0.4, 0.5) is 10.1 Å². The lowest BCUT2D eigenvalue weighted by Gasteiger charge is -2.07. The molecule has 1 N–H and O–H groups in total. The quantitative estimate of drug-likeness (QED) is 0.756. The van der Waals surface area contributed by atoms with Crippen molar-refractivity contribution in [3.8, 4) is 22.8 Å². The number of nitrogens with one attached hydrogen (secondary N) is 1. The van der Waals surface area contributed by atoms with Crippen LogP contribution in [0.25, 0.3) is 11.1 Å². The van der Waals surface area contributed by atoms with Crippen molar-refractivity contribution in [2.45, 2.75) is 0 Å². The Kier molecular flexibility index (Phi) is 4.01. The Morgan fingerprint density at radius 2 is 1.50 bits per heavy atom. The van der Waals surface area contributed by atoms with Crippen LogP contribution in [0.3, 0.4) is 0 Å². The van der Waals surface area contributed by atoms with E-state index >= 15 is 0 Å². The maximum Gasteiger partial charge on any atom is 0.219 e. The summed E-state index contributed by atoms with van der Waals surface area (Å²) in [7, 11) is 1.84. The largest absolute Gasteiger partial charge is 0.439 e. The smallest absolute Gasteiger partial charge is 0.219 e. The van der Waals surface area contributed by atoms with E-state index < -0.39 is 0 Å². The van der Waals surface area contributed by atoms with Crippen LogP contribution in [0.15, 0.2) is 66.9 Å². The zero-order valence-electron chi connectivity index (χ0n) is 12.1. The first-order valence-corrected chi connectivity index (χ1v) is 6.92. The molecule has 0 saturated carbocycles. The summed E-state index contributed by atoms with van der Waals surface area (Å²) in [5, 5.41) is 3.00. The summed E-state index contributed by atoms with van der Waals surface area (Å²) in [5.41, 5.74) is 2.90. The predicted molar refractivity (Wildman–Crippen MR) is 85.7 cm³/mol. The molecule has 0 saturated heterocycles. The molecule has 110 valence electrons. The van der Waals surface area contributed by atoms with Crippen molar-refractivity contribution in [3.05, 3.63) is 72.7 Å². The summed E-state index contributed by atoms with van der Waals surface area (Å²) in [6.07, 6.45) is 1.71. The number of rotatable bonds is 4. The van der Waals surface area contributed by atoms with Crippen molar-refractivity contribution < 1.29 is 9.13 Å². The first-order chi connectivity index (χ1) is 10.7. The Labute approximate surface area is 128 Å². The fraction of sp³-hybridized carbons (Fsp3) is 0.0556. The van der Waals surface area contributed by atoms with Crippen molar-refractivity contribution in [1.82, 2.24) is 4.98 Å². The predicted octanol–water partition coefficient (Wildman–Crippen LogP) is 4.72. The molecule has 0 atom stereocenters. The molecule has 0 fully saturated rings. The standard InChI is InChI=1S/C18H15FN2O/c1-20-16-8-11-18(21-12-16)22-17-9-4-14(5-10-17)13-2-6-15(19)7-3-13/h2-12,20H,1H3. The number of hydrogen-bond donors (Lipinski definition) is 1. The molecule has 2 aromatic carbocycles. The van der Waals surface area contributed by atoms with E-state index in [2.05, 4.69) is 10.3 Å². The second kappa shape index (κ2) is 6.26. The highest BCUT2D eigenvalue weighted by Gasteiger charge is 2.01. The molecule has 1 aromatic heterocycles. The molecular formula is C18H15FN2O. The minimum Gasteiger partial charge on any atom is -0.439 e. The summed E-state index contributed by atoms with van der Waals surface area (Å²) in [6, 6.07) is 17.7. The van der Waals surface area contributed by atoms with Crippen molar-refractivity contribution >= 4 is 5.69 Å². The van der Waals surface area contributed by atoms with Crippen LogP contribution in [0.5, 0.6) is 11.6 Å². The van der Waals surface area contributed by atoms with Gasteiger partial charge < -0.3 is 10.1 Å². The molecule has 0 spiro atoms. The molecule has 0 aliphatic heterocycles. The fourth-order valence-electron chi connectivity index (χ4n) is 2.07. The van der Waals surface area contributed by atoms with Gasteiger partial charge in [-0.05, 0) is 41.5 Å². The van der Waals surface area contributed by atoms with Gasteiger partial charge in [0.1, 0.15) is 11.6 Å².